The highest BCUT2D eigenvalue weighted by Crippen LogP contribution is 2.16. The third kappa shape index (κ3) is 7.37. The van der Waals surface area contributed by atoms with Crippen molar-refractivity contribution in [1.82, 2.24) is 10.2 Å². The van der Waals surface area contributed by atoms with Gasteiger partial charge in [-0.1, -0.05) is 48.5 Å². The summed E-state index contributed by atoms with van der Waals surface area (Å²) in [6.45, 7) is 5.67. The molecule has 0 aliphatic rings. The fraction of sp³-hybridized carbons (Fsp3) is 0.375. The molecule has 0 aromatic heterocycles. The van der Waals surface area contributed by atoms with Crippen molar-refractivity contribution in [2.75, 3.05) is 27.8 Å². The van der Waals surface area contributed by atoms with Crippen LogP contribution in [0.5, 0.6) is 5.75 Å². The number of nitrogens with one attached hydrogen (secondary N) is 1. The Balaban J connectivity index is 1.93. The molecule has 0 unspecified atom stereocenters. The molecule has 5 heteroatoms. The number of amides is 1. The Bertz CT molecular complexity index is 744. The Morgan fingerprint density at radius 3 is 2.38 bits per heavy atom. The first-order valence-corrected chi connectivity index (χ1v) is 9.87. The topological polar surface area (TPSA) is 50.8 Å². The normalized spacial score (nSPS) is 12.8. The highest BCUT2D eigenvalue weighted by atomic mass is 16.5. The van der Waals surface area contributed by atoms with Crippen molar-refractivity contribution >= 4 is 5.91 Å². The molecule has 0 saturated carbocycles. The van der Waals surface area contributed by atoms with Crippen LogP contribution in [0.3, 0.4) is 0 Å². The maximum absolute atomic E-state index is 12.8. The number of rotatable bonds is 12. The summed E-state index contributed by atoms with van der Waals surface area (Å²) in [5.74, 6) is 0.819. The van der Waals surface area contributed by atoms with Crippen LogP contribution in [0.15, 0.2) is 67.3 Å². The van der Waals surface area contributed by atoms with E-state index in [-0.39, 0.29) is 17.9 Å². The second kappa shape index (κ2) is 12.0. The minimum absolute atomic E-state index is 0.0288. The zero-order chi connectivity index (χ0) is 21.1. The zero-order valence-electron chi connectivity index (χ0n) is 17.6. The van der Waals surface area contributed by atoms with Gasteiger partial charge in [0, 0.05) is 33.2 Å². The van der Waals surface area contributed by atoms with Gasteiger partial charge in [0.1, 0.15) is 5.75 Å². The molecule has 29 heavy (non-hydrogen) atoms. The molecule has 0 fully saturated rings. The Kier molecular flexibility index (Phi) is 9.41. The van der Waals surface area contributed by atoms with Crippen molar-refractivity contribution in [3.05, 3.63) is 78.4 Å². The molecule has 2 rings (SSSR count). The predicted octanol–water partition coefficient (Wildman–Crippen LogP) is 3.65. The quantitative estimate of drug-likeness (QED) is 0.440. The van der Waals surface area contributed by atoms with E-state index < -0.39 is 0 Å². The lowest BCUT2D eigenvalue weighted by Gasteiger charge is -2.27. The fourth-order valence-corrected chi connectivity index (χ4v) is 3.08. The van der Waals surface area contributed by atoms with Gasteiger partial charge in [-0.2, -0.15) is 0 Å². The van der Waals surface area contributed by atoms with Crippen LogP contribution in [0.1, 0.15) is 17.5 Å². The minimum atomic E-state index is -0.357. The van der Waals surface area contributed by atoms with Gasteiger partial charge in [-0.25, -0.2) is 0 Å². The van der Waals surface area contributed by atoms with Gasteiger partial charge < -0.3 is 19.7 Å². The van der Waals surface area contributed by atoms with Crippen molar-refractivity contribution in [2.45, 2.75) is 25.6 Å². The molecule has 1 amide bonds. The zero-order valence-corrected chi connectivity index (χ0v) is 17.6. The number of likely N-dealkylation sites (N-methyl/N-ethyl adjacent to an activating group) is 1. The molecule has 0 aliphatic carbocycles. The van der Waals surface area contributed by atoms with Gasteiger partial charge >= 0.3 is 0 Å². The molecule has 0 radical (unpaired) electrons. The van der Waals surface area contributed by atoms with Crippen molar-refractivity contribution in [3.63, 3.8) is 0 Å². The Labute approximate surface area is 174 Å². The lowest BCUT2D eigenvalue weighted by Crippen LogP contribution is -2.47. The SMILES string of the molecule is C=C[C@H](CCOCc1ccccc1)[C@@H](NCc1ccc(OC)cc1)C(=O)N(C)C. The Morgan fingerprint density at radius 1 is 1.10 bits per heavy atom. The van der Waals surface area contributed by atoms with E-state index in [1.807, 2.05) is 60.7 Å². The monoisotopic (exact) mass is 396 g/mol. The van der Waals surface area contributed by atoms with Crippen LogP contribution in [0.2, 0.25) is 0 Å². The van der Waals surface area contributed by atoms with E-state index in [4.69, 9.17) is 9.47 Å². The molecule has 2 aromatic carbocycles. The molecule has 0 saturated heterocycles. The van der Waals surface area contributed by atoms with Crippen LogP contribution < -0.4 is 10.1 Å². The van der Waals surface area contributed by atoms with Crippen LogP contribution >= 0.6 is 0 Å². The lowest BCUT2D eigenvalue weighted by molar-refractivity contribution is -0.132. The Hall–Kier alpha value is -2.63. The maximum atomic E-state index is 12.8. The standard InChI is InChI=1S/C24H32N2O3/c1-5-21(15-16-29-18-20-9-7-6-8-10-20)23(24(27)26(2)3)25-17-19-11-13-22(28-4)14-12-19/h5-14,21,23,25H,1,15-18H2,2-4H3/t21-,23-/m1/s1. The first-order valence-electron chi connectivity index (χ1n) is 9.87. The van der Waals surface area contributed by atoms with Gasteiger partial charge in [0.2, 0.25) is 5.91 Å². The molecular formula is C24H32N2O3. The second-order valence-electron chi connectivity index (χ2n) is 7.17. The molecule has 0 bridgehead atoms. The summed E-state index contributed by atoms with van der Waals surface area (Å²) in [6.07, 6.45) is 2.56. The van der Waals surface area contributed by atoms with Crippen LogP contribution in [-0.4, -0.2) is 44.7 Å². The van der Waals surface area contributed by atoms with Crippen LogP contribution in [0.25, 0.3) is 0 Å². The first kappa shape index (κ1) is 22.7. The summed E-state index contributed by atoms with van der Waals surface area (Å²) in [5, 5.41) is 3.41. The van der Waals surface area contributed by atoms with Crippen LogP contribution in [-0.2, 0) is 22.7 Å². The number of nitrogens with zero attached hydrogens (tertiary/aromatic N) is 1. The number of hydrogen-bond acceptors (Lipinski definition) is 4. The molecule has 2 atom stereocenters. The van der Waals surface area contributed by atoms with Gasteiger partial charge in [-0.15, -0.1) is 6.58 Å². The van der Waals surface area contributed by atoms with E-state index in [0.29, 0.717) is 19.8 Å². The third-order valence-electron chi connectivity index (χ3n) is 4.83. The number of ether oxygens (including phenoxy) is 2. The van der Waals surface area contributed by atoms with Crippen LogP contribution in [0, 0.1) is 5.92 Å². The number of carbonyl (C=O) groups excluding carboxylic acids is 1. The first-order chi connectivity index (χ1) is 14.0. The highest BCUT2D eigenvalue weighted by Gasteiger charge is 2.27. The van der Waals surface area contributed by atoms with Crippen molar-refractivity contribution in [1.29, 1.82) is 0 Å². The number of methoxy groups -OCH3 is 1. The number of carbonyl (C=O) groups is 1. The van der Waals surface area contributed by atoms with Gasteiger partial charge in [0.05, 0.1) is 19.8 Å². The number of benzene rings is 2. The molecule has 156 valence electrons. The van der Waals surface area contributed by atoms with Crippen molar-refractivity contribution < 1.29 is 14.3 Å². The molecule has 1 N–H and O–H groups in total. The molecule has 2 aromatic rings. The van der Waals surface area contributed by atoms with Crippen molar-refractivity contribution in [2.24, 2.45) is 5.92 Å². The summed E-state index contributed by atoms with van der Waals surface area (Å²) < 4.78 is 11.0. The van der Waals surface area contributed by atoms with Crippen molar-refractivity contribution in [3.8, 4) is 5.75 Å². The van der Waals surface area contributed by atoms with E-state index >= 15 is 0 Å². The minimum Gasteiger partial charge on any atom is -0.497 e. The smallest absolute Gasteiger partial charge is 0.239 e. The molecule has 0 aliphatic heterocycles. The second-order valence-corrected chi connectivity index (χ2v) is 7.17. The van der Waals surface area contributed by atoms with Crippen LogP contribution in [0.4, 0.5) is 0 Å². The summed E-state index contributed by atoms with van der Waals surface area (Å²) in [4.78, 5) is 14.4. The van der Waals surface area contributed by atoms with E-state index in [1.165, 1.54) is 0 Å². The maximum Gasteiger partial charge on any atom is 0.239 e. The average Bonchev–Trinajstić information content (AvgIpc) is 2.76. The third-order valence-corrected chi connectivity index (χ3v) is 4.83. The summed E-state index contributed by atoms with van der Waals surface area (Å²) >= 11 is 0. The van der Waals surface area contributed by atoms with E-state index in [0.717, 1.165) is 23.3 Å². The molecule has 0 spiro atoms. The molecule has 5 nitrogen and oxygen atoms in total. The highest BCUT2D eigenvalue weighted by molar-refractivity contribution is 5.82. The van der Waals surface area contributed by atoms with Gasteiger partial charge in [0.15, 0.2) is 0 Å². The van der Waals surface area contributed by atoms with E-state index in [9.17, 15) is 4.79 Å². The average molecular weight is 397 g/mol. The number of hydrogen-bond donors (Lipinski definition) is 1. The van der Waals surface area contributed by atoms with Gasteiger partial charge in [0.25, 0.3) is 0 Å². The van der Waals surface area contributed by atoms with E-state index in [2.05, 4.69) is 11.9 Å². The largest absolute Gasteiger partial charge is 0.497 e. The fourth-order valence-electron chi connectivity index (χ4n) is 3.08. The molecular weight excluding hydrogens is 364 g/mol. The lowest BCUT2D eigenvalue weighted by atomic mass is 9.95. The van der Waals surface area contributed by atoms with E-state index in [1.54, 1.807) is 26.1 Å². The van der Waals surface area contributed by atoms with Gasteiger partial charge in [-0.05, 0) is 29.7 Å². The summed E-state index contributed by atoms with van der Waals surface area (Å²) in [7, 11) is 5.19. The predicted molar refractivity (Wildman–Crippen MR) is 117 cm³/mol. The molecule has 0 heterocycles. The summed E-state index contributed by atoms with van der Waals surface area (Å²) in [5.41, 5.74) is 2.23. The Morgan fingerprint density at radius 2 is 1.79 bits per heavy atom. The van der Waals surface area contributed by atoms with Gasteiger partial charge in [-0.3, -0.25) is 4.79 Å². The summed E-state index contributed by atoms with van der Waals surface area (Å²) in [6, 6.07) is 17.5.